The zero-order chi connectivity index (χ0) is 9.97. The summed E-state index contributed by atoms with van der Waals surface area (Å²) in [6.07, 6.45) is 2.42. The van der Waals surface area contributed by atoms with E-state index >= 15 is 0 Å². The Hall–Kier alpha value is -0.890. The third kappa shape index (κ3) is 2.13. The van der Waals surface area contributed by atoms with Crippen molar-refractivity contribution in [3.05, 3.63) is 35.6 Å². The van der Waals surface area contributed by atoms with Gasteiger partial charge in [0.1, 0.15) is 5.82 Å². The van der Waals surface area contributed by atoms with E-state index in [2.05, 4.69) is 12.2 Å². The molecule has 0 radical (unpaired) electrons. The van der Waals surface area contributed by atoms with E-state index in [0.717, 1.165) is 6.54 Å². The fourth-order valence-corrected chi connectivity index (χ4v) is 2.02. The molecule has 0 saturated carbocycles. The average Bonchev–Trinajstić information content (AvgIpc) is 2.21. The Morgan fingerprint density at radius 3 is 2.50 bits per heavy atom. The Balaban J connectivity index is 2.05. The molecular formula is C12H16FN. The number of benzene rings is 1. The molecule has 0 aliphatic carbocycles. The Labute approximate surface area is 84.3 Å². The van der Waals surface area contributed by atoms with Gasteiger partial charge >= 0.3 is 0 Å². The van der Waals surface area contributed by atoms with E-state index in [0.29, 0.717) is 12.0 Å². The van der Waals surface area contributed by atoms with E-state index in [9.17, 15) is 4.39 Å². The van der Waals surface area contributed by atoms with Crippen LogP contribution < -0.4 is 5.32 Å². The lowest BCUT2D eigenvalue weighted by atomic mass is 9.89. The molecule has 2 atom stereocenters. The van der Waals surface area contributed by atoms with Crippen LogP contribution >= 0.6 is 0 Å². The van der Waals surface area contributed by atoms with Gasteiger partial charge in [-0.15, -0.1) is 0 Å². The Morgan fingerprint density at radius 2 is 1.93 bits per heavy atom. The predicted octanol–water partition coefficient (Wildman–Crippen LogP) is 2.68. The maximum Gasteiger partial charge on any atom is 0.123 e. The van der Waals surface area contributed by atoms with Crippen molar-refractivity contribution in [2.24, 2.45) is 0 Å². The van der Waals surface area contributed by atoms with Gasteiger partial charge in [0, 0.05) is 12.6 Å². The lowest BCUT2D eigenvalue weighted by molar-refractivity contribution is 0.385. The van der Waals surface area contributed by atoms with Gasteiger partial charge < -0.3 is 5.32 Å². The van der Waals surface area contributed by atoms with Crippen molar-refractivity contribution in [2.45, 2.75) is 31.7 Å². The highest BCUT2D eigenvalue weighted by Gasteiger charge is 2.18. The second kappa shape index (κ2) is 4.09. The summed E-state index contributed by atoms with van der Waals surface area (Å²) in [7, 11) is 0. The van der Waals surface area contributed by atoms with Crippen molar-refractivity contribution in [2.75, 3.05) is 6.54 Å². The fourth-order valence-electron chi connectivity index (χ4n) is 2.02. The number of piperidine rings is 1. The molecule has 1 aliphatic heterocycles. The second-order valence-electron chi connectivity index (χ2n) is 4.14. The van der Waals surface area contributed by atoms with Gasteiger partial charge in [-0.3, -0.25) is 0 Å². The lowest BCUT2D eigenvalue weighted by Gasteiger charge is -2.27. The molecule has 1 heterocycles. The average molecular weight is 193 g/mol. The van der Waals surface area contributed by atoms with Crippen LogP contribution in [0.2, 0.25) is 0 Å². The van der Waals surface area contributed by atoms with Crippen LogP contribution in [0.25, 0.3) is 0 Å². The van der Waals surface area contributed by atoms with E-state index in [4.69, 9.17) is 0 Å². The van der Waals surface area contributed by atoms with Crippen molar-refractivity contribution in [3.63, 3.8) is 0 Å². The molecule has 1 aromatic rings. The number of halogens is 1. The van der Waals surface area contributed by atoms with Gasteiger partial charge in [0.15, 0.2) is 0 Å². The first kappa shape index (κ1) is 9.66. The van der Waals surface area contributed by atoms with Crippen LogP contribution in [0.1, 0.15) is 31.2 Å². The molecule has 1 fully saturated rings. The van der Waals surface area contributed by atoms with Gasteiger partial charge in [-0.1, -0.05) is 12.1 Å². The maximum absolute atomic E-state index is 12.7. The summed E-state index contributed by atoms with van der Waals surface area (Å²) in [5, 5.41) is 3.45. The Bertz CT molecular complexity index is 286. The SMILES string of the molecule is C[C@@H]1CC[C@@H](c2ccc(F)cc2)CN1. The van der Waals surface area contributed by atoms with Crippen molar-refractivity contribution in [3.8, 4) is 0 Å². The predicted molar refractivity (Wildman–Crippen MR) is 55.8 cm³/mol. The molecule has 1 nitrogen and oxygen atoms in total. The molecule has 2 rings (SSSR count). The van der Waals surface area contributed by atoms with Gasteiger partial charge in [0.2, 0.25) is 0 Å². The Kier molecular flexibility index (Phi) is 2.82. The fraction of sp³-hybridized carbons (Fsp3) is 0.500. The summed E-state index contributed by atoms with van der Waals surface area (Å²) in [5.74, 6) is 0.415. The van der Waals surface area contributed by atoms with E-state index in [-0.39, 0.29) is 5.82 Å². The van der Waals surface area contributed by atoms with Crippen LogP contribution in [0, 0.1) is 5.82 Å². The van der Waals surface area contributed by atoms with Gasteiger partial charge in [-0.25, -0.2) is 4.39 Å². The normalized spacial score (nSPS) is 27.6. The number of rotatable bonds is 1. The minimum atomic E-state index is -0.147. The van der Waals surface area contributed by atoms with Crippen LogP contribution in [0.4, 0.5) is 4.39 Å². The van der Waals surface area contributed by atoms with Crippen molar-refractivity contribution in [1.29, 1.82) is 0 Å². The summed E-state index contributed by atoms with van der Waals surface area (Å²) in [6.45, 7) is 3.23. The first-order chi connectivity index (χ1) is 6.75. The molecule has 0 unspecified atom stereocenters. The maximum atomic E-state index is 12.7. The van der Waals surface area contributed by atoms with E-state index in [1.54, 1.807) is 12.1 Å². The van der Waals surface area contributed by atoms with Crippen molar-refractivity contribution >= 4 is 0 Å². The summed E-state index contributed by atoms with van der Waals surface area (Å²) in [6, 6.07) is 7.53. The van der Waals surface area contributed by atoms with Gasteiger partial charge in [0.25, 0.3) is 0 Å². The smallest absolute Gasteiger partial charge is 0.123 e. The second-order valence-corrected chi connectivity index (χ2v) is 4.14. The topological polar surface area (TPSA) is 12.0 Å². The molecule has 1 aromatic carbocycles. The van der Waals surface area contributed by atoms with Crippen LogP contribution in [-0.4, -0.2) is 12.6 Å². The van der Waals surface area contributed by atoms with Crippen LogP contribution in [0.3, 0.4) is 0 Å². The number of hydrogen-bond acceptors (Lipinski definition) is 1. The lowest BCUT2D eigenvalue weighted by Crippen LogP contribution is -2.35. The van der Waals surface area contributed by atoms with E-state index in [1.165, 1.54) is 18.4 Å². The van der Waals surface area contributed by atoms with Crippen molar-refractivity contribution in [1.82, 2.24) is 5.32 Å². The molecule has 2 heteroatoms. The summed E-state index contributed by atoms with van der Waals surface area (Å²) in [4.78, 5) is 0. The highest BCUT2D eigenvalue weighted by Crippen LogP contribution is 2.24. The molecule has 14 heavy (non-hydrogen) atoms. The summed E-state index contributed by atoms with van der Waals surface area (Å²) < 4.78 is 12.7. The highest BCUT2D eigenvalue weighted by molar-refractivity contribution is 5.21. The highest BCUT2D eigenvalue weighted by atomic mass is 19.1. The van der Waals surface area contributed by atoms with Crippen LogP contribution in [-0.2, 0) is 0 Å². The first-order valence-electron chi connectivity index (χ1n) is 5.24. The van der Waals surface area contributed by atoms with Gasteiger partial charge in [0.05, 0.1) is 0 Å². The molecule has 1 aliphatic rings. The number of hydrogen-bond donors (Lipinski definition) is 1. The minimum Gasteiger partial charge on any atom is -0.314 e. The van der Waals surface area contributed by atoms with Crippen LogP contribution in [0.15, 0.2) is 24.3 Å². The van der Waals surface area contributed by atoms with E-state index < -0.39 is 0 Å². The quantitative estimate of drug-likeness (QED) is 0.723. The first-order valence-corrected chi connectivity index (χ1v) is 5.24. The third-order valence-electron chi connectivity index (χ3n) is 3.00. The molecule has 0 spiro atoms. The molecule has 0 aromatic heterocycles. The Morgan fingerprint density at radius 1 is 1.21 bits per heavy atom. The standard InChI is InChI=1S/C12H16FN/c1-9-2-3-11(8-14-9)10-4-6-12(13)7-5-10/h4-7,9,11,14H,2-3,8H2,1H3/t9-,11-/m1/s1. The monoisotopic (exact) mass is 193 g/mol. The molecule has 76 valence electrons. The molecule has 0 bridgehead atoms. The molecular weight excluding hydrogens is 177 g/mol. The largest absolute Gasteiger partial charge is 0.314 e. The molecule has 0 amide bonds. The summed E-state index contributed by atoms with van der Waals surface area (Å²) >= 11 is 0. The summed E-state index contributed by atoms with van der Waals surface area (Å²) in [5.41, 5.74) is 1.26. The van der Waals surface area contributed by atoms with Crippen molar-refractivity contribution < 1.29 is 4.39 Å². The van der Waals surface area contributed by atoms with Gasteiger partial charge in [-0.2, -0.15) is 0 Å². The van der Waals surface area contributed by atoms with Gasteiger partial charge in [-0.05, 0) is 43.4 Å². The third-order valence-corrected chi connectivity index (χ3v) is 3.00. The van der Waals surface area contributed by atoms with E-state index in [1.807, 2.05) is 12.1 Å². The zero-order valence-corrected chi connectivity index (χ0v) is 8.46. The number of nitrogens with one attached hydrogen (secondary N) is 1. The minimum absolute atomic E-state index is 0.147. The molecule has 1 N–H and O–H groups in total. The molecule has 1 saturated heterocycles. The zero-order valence-electron chi connectivity index (χ0n) is 8.46. The van der Waals surface area contributed by atoms with Crippen LogP contribution in [0.5, 0.6) is 0 Å².